The minimum Gasteiger partial charge on any atom is -0.0602 e. The van der Waals surface area contributed by atoms with Gasteiger partial charge in [-0.3, -0.25) is 0 Å². The van der Waals surface area contributed by atoms with Gasteiger partial charge in [-0.1, -0.05) is 60.7 Å². The Morgan fingerprint density at radius 2 is 0.770 bits per heavy atom. The molecule has 61 heavy (non-hydrogen) atoms. The van der Waals surface area contributed by atoms with Crippen molar-refractivity contribution in [3.05, 3.63) is 255 Å². The van der Waals surface area contributed by atoms with Gasteiger partial charge >= 0.3 is 256 Å². The second-order valence-electron chi connectivity index (χ2n) is 15.7. The van der Waals surface area contributed by atoms with E-state index in [1.54, 1.807) is 0 Å². The summed E-state index contributed by atoms with van der Waals surface area (Å²) in [6.07, 6.45) is 0. The van der Waals surface area contributed by atoms with Crippen LogP contribution in [0.5, 0.6) is 0 Å². The molecule has 3 heteroatoms. The first kappa shape index (κ1) is 36.7. The van der Waals surface area contributed by atoms with E-state index in [1.807, 2.05) is 0 Å². The third-order valence-corrected chi connectivity index (χ3v) is 22.4. The van der Waals surface area contributed by atoms with Gasteiger partial charge in [0.2, 0.25) is 0 Å². The fourth-order valence-electron chi connectivity index (χ4n) is 9.57. The van der Waals surface area contributed by atoms with Gasteiger partial charge in [0.1, 0.15) is 0 Å². The number of para-hydroxylation sites is 2. The average Bonchev–Trinajstić information content (AvgIpc) is 3.67. The summed E-state index contributed by atoms with van der Waals surface area (Å²) in [7, 11) is 0. The minimum atomic E-state index is -3.35. The number of aromatic nitrogens is 1. The Labute approximate surface area is 359 Å². The number of anilines is 3. The quantitative estimate of drug-likeness (QED) is 0.131. The van der Waals surface area contributed by atoms with Gasteiger partial charge in [-0.25, -0.2) is 0 Å². The molecular weight excluding hydrogens is 797 g/mol. The normalized spacial score (nSPS) is 11.6. The van der Waals surface area contributed by atoms with Crippen LogP contribution >= 0.6 is 0 Å². The second-order valence-corrected chi connectivity index (χ2v) is 23.7. The summed E-state index contributed by atoms with van der Waals surface area (Å²) in [6.45, 7) is 0. The molecule has 0 spiro atoms. The maximum atomic E-state index is 2.42. The van der Waals surface area contributed by atoms with Crippen molar-refractivity contribution < 1.29 is 0 Å². The van der Waals surface area contributed by atoms with Gasteiger partial charge < -0.3 is 4.57 Å². The van der Waals surface area contributed by atoms with E-state index in [0.717, 1.165) is 22.7 Å². The molecular formula is C58H42GeN2. The zero-order chi connectivity index (χ0) is 40.6. The standard InChI is InChI=1S/C58H42GeN2/c1-5-20-46(21-6-1)59(47-22-7-2-8-23-47,48-24-9-3-10-25-48)49-36-32-43(33-37-49)44-34-38-51(39-35-44)60(56-31-17-19-45-18-13-14-28-53(45)56)52-40-41-58-55(42-52)54-29-15-16-30-57(54)61(58)50-26-11-4-12-27-50/h1-42H. The van der Waals surface area contributed by atoms with E-state index in [-0.39, 0.29) is 0 Å². The van der Waals surface area contributed by atoms with Gasteiger partial charge in [-0.2, -0.15) is 0 Å². The fourth-order valence-corrected chi connectivity index (χ4v) is 19.5. The summed E-state index contributed by atoms with van der Waals surface area (Å²) >= 11 is -3.35. The smallest absolute Gasteiger partial charge is 0.0602 e. The zero-order valence-electron chi connectivity index (χ0n) is 33.6. The molecule has 10 aromatic carbocycles. The van der Waals surface area contributed by atoms with Crippen LogP contribution < -0.4 is 22.5 Å². The minimum absolute atomic E-state index is 1.11. The predicted octanol–water partition coefficient (Wildman–Crippen LogP) is 12.5. The number of hydrogen-bond acceptors (Lipinski definition) is 1. The van der Waals surface area contributed by atoms with E-state index in [1.165, 1.54) is 61.3 Å². The number of rotatable bonds is 9. The molecule has 0 atom stereocenters. The zero-order valence-corrected chi connectivity index (χ0v) is 35.7. The Hall–Kier alpha value is -7.40. The molecule has 0 saturated carbocycles. The van der Waals surface area contributed by atoms with Crippen molar-refractivity contribution in [2.75, 3.05) is 4.90 Å². The predicted molar refractivity (Wildman–Crippen MR) is 262 cm³/mol. The molecule has 288 valence electrons. The van der Waals surface area contributed by atoms with Gasteiger partial charge in [0, 0.05) is 11.1 Å². The molecule has 11 aromatic rings. The molecule has 0 N–H and O–H groups in total. The van der Waals surface area contributed by atoms with Gasteiger partial charge in [0.15, 0.2) is 0 Å². The van der Waals surface area contributed by atoms with E-state index in [2.05, 4.69) is 264 Å². The van der Waals surface area contributed by atoms with E-state index >= 15 is 0 Å². The Kier molecular flexibility index (Phi) is 9.41. The van der Waals surface area contributed by atoms with Crippen LogP contribution in [0.25, 0.3) is 49.4 Å². The molecule has 0 aliphatic carbocycles. The first-order valence-corrected chi connectivity index (χ1v) is 25.2. The molecule has 1 heterocycles. The Balaban J connectivity index is 1.03. The maximum absolute atomic E-state index is 3.35. The van der Waals surface area contributed by atoms with Crippen LogP contribution in [0.4, 0.5) is 17.1 Å². The van der Waals surface area contributed by atoms with Crippen LogP contribution in [0.1, 0.15) is 0 Å². The third kappa shape index (κ3) is 6.35. The molecule has 0 saturated heterocycles. The Bertz CT molecular complexity index is 3170. The van der Waals surface area contributed by atoms with E-state index in [0.29, 0.717) is 0 Å². The molecule has 0 amide bonds. The molecule has 0 bridgehead atoms. The van der Waals surface area contributed by atoms with Crippen LogP contribution in [0.15, 0.2) is 255 Å². The summed E-state index contributed by atoms with van der Waals surface area (Å²) in [6, 6.07) is 93.9. The number of hydrogen-bond donors (Lipinski definition) is 0. The van der Waals surface area contributed by atoms with E-state index < -0.39 is 13.3 Å². The summed E-state index contributed by atoms with van der Waals surface area (Å²) in [5.41, 5.74) is 9.30. The van der Waals surface area contributed by atoms with Gasteiger partial charge in [-0.15, -0.1) is 0 Å². The second kappa shape index (κ2) is 15.7. The molecule has 2 nitrogen and oxygen atoms in total. The van der Waals surface area contributed by atoms with Gasteiger partial charge in [0.25, 0.3) is 0 Å². The topological polar surface area (TPSA) is 8.17 Å². The third-order valence-electron chi connectivity index (χ3n) is 12.3. The van der Waals surface area contributed by atoms with Crippen LogP contribution in [-0.2, 0) is 0 Å². The summed E-state index contributed by atoms with van der Waals surface area (Å²) < 4.78 is 8.06. The monoisotopic (exact) mass is 840 g/mol. The molecule has 0 unspecified atom stereocenters. The van der Waals surface area contributed by atoms with Crippen molar-refractivity contribution >= 4 is 80.5 Å². The van der Waals surface area contributed by atoms with E-state index in [9.17, 15) is 0 Å². The molecule has 0 fully saturated rings. The number of benzene rings is 10. The average molecular weight is 840 g/mol. The molecule has 11 rings (SSSR count). The summed E-state index contributed by atoms with van der Waals surface area (Å²) in [5.74, 6) is 0. The molecule has 0 radical (unpaired) electrons. The van der Waals surface area contributed by atoms with Gasteiger partial charge in [0.05, 0.1) is 11.0 Å². The first-order valence-electron chi connectivity index (χ1n) is 21.0. The van der Waals surface area contributed by atoms with Crippen molar-refractivity contribution in [3.8, 4) is 16.8 Å². The molecule has 1 aromatic heterocycles. The van der Waals surface area contributed by atoms with Crippen LogP contribution in [0.3, 0.4) is 0 Å². The van der Waals surface area contributed by atoms with Crippen molar-refractivity contribution in [3.63, 3.8) is 0 Å². The van der Waals surface area contributed by atoms with Crippen LogP contribution in [0, 0.1) is 0 Å². The van der Waals surface area contributed by atoms with Crippen molar-refractivity contribution in [2.45, 2.75) is 0 Å². The molecule has 0 aliphatic rings. The SMILES string of the molecule is c1ccc(-n2c3ccccc3c3cc(N(c4ccc(-c5cc[c]([Ge]([c]6ccccc6)([c]6ccccc6)[c]6ccccc6)cc5)cc4)c4cccc5ccccc45)ccc32)cc1. The first-order chi connectivity index (χ1) is 30.3. The summed E-state index contributed by atoms with van der Waals surface area (Å²) in [5, 5.41) is 4.88. The van der Waals surface area contributed by atoms with Crippen LogP contribution in [0.2, 0.25) is 0 Å². The van der Waals surface area contributed by atoms with Gasteiger partial charge in [-0.05, 0) is 18.2 Å². The Morgan fingerprint density at radius 3 is 1.39 bits per heavy atom. The Morgan fingerprint density at radius 1 is 0.311 bits per heavy atom. The van der Waals surface area contributed by atoms with E-state index in [4.69, 9.17) is 0 Å². The van der Waals surface area contributed by atoms with Crippen LogP contribution in [-0.4, -0.2) is 17.8 Å². The summed E-state index contributed by atoms with van der Waals surface area (Å²) in [4.78, 5) is 2.42. The van der Waals surface area contributed by atoms with Crippen molar-refractivity contribution in [2.24, 2.45) is 0 Å². The number of nitrogens with zero attached hydrogens (tertiary/aromatic N) is 2. The number of fused-ring (bicyclic) bond motifs is 4. The van der Waals surface area contributed by atoms with Crippen molar-refractivity contribution in [1.29, 1.82) is 0 Å². The fraction of sp³-hybridized carbons (Fsp3) is 0. The molecule has 0 aliphatic heterocycles. The van der Waals surface area contributed by atoms with Crippen molar-refractivity contribution in [1.82, 2.24) is 4.57 Å².